The van der Waals surface area contributed by atoms with Crippen molar-refractivity contribution in [3.8, 4) is 0 Å². The Hall–Kier alpha value is -2.16. The van der Waals surface area contributed by atoms with Crippen molar-refractivity contribution in [2.75, 3.05) is 19.7 Å². The molecule has 0 radical (unpaired) electrons. The number of ether oxygens (including phenoxy) is 1. The van der Waals surface area contributed by atoms with Crippen LogP contribution in [0.5, 0.6) is 0 Å². The summed E-state index contributed by atoms with van der Waals surface area (Å²) in [7, 11) is 0. The van der Waals surface area contributed by atoms with Gasteiger partial charge in [-0.1, -0.05) is 72.8 Å². The molecule has 0 aromatic heterocycles. The molecule has 0 bridgehead atoms. The van der Waals surface area contributed by atoms with Crippen molar-refractivity contribution in [1.82, 2.24) is 4.90 Å². The fourth-order valence-corrected chi connectivity index (χ4v) is 3.39. The Morgan fingerprint density at radius 3 is 2.57 bits per heavy atom. The van der Waals surface area contributed by atoms with Crippen LogP contribution >= 0.6 is 0 Å². The highest BCUT2D eigenvalue weighted by Crippen LogP contribution is 2.25. The van der Waals surface area contributed by atoms with E-state index in [1.165, 1.54) is 21.9 Å². The van der Waals surface area contributed by atoms with Gasteiger partial charge < -0.3 is 4.74 Å². The minimum absolute atomic E-state index is 0.180. The van der Waals surface area contributed by atoms with Crippen LogP contribution in [0.4, 0.5) is 0 Å². The van der Waals surface area contributed by atoms with Crippen molar-refractivity contribution in [2.24, 2.45) is 0 Å². The van der Waals surface area contributed by atoms with Gasteiger partial charge in [0, 0.05) is 19.6 Å². The molecule has 23 heavy (non-hydrogen) atoms. The lowest BCUT2D eigenvalue weighted by atomic mass is 10.0. The molecule has 4 rings (SSSR count). The van der Waals surface area contributed by atoms with Crippen LogP contribution in [-0.2, 0) is 11.3 Å². The molecule has 1 aliphatic heterocycles. The van der Waals surface area contributed by atoms with Crippen LogP contribution in [0.3, 0.4) is 0 Å². The fraction of sp³-hybridized carbons (Fsp3) is 0.238. The van der Waals surface area contributed by atoms with Crippen LogP contribution in [-0.4, -0.2) is 24.6 Å². The summed E-state index contributed by atoms with van der Waals surface area (Å²) in [6.07, 6.45) is 0.180. The number of rotatable bonds is 3. The molecule has 3 aromatic rings. The molecule has 0 saturated carbocycles. The maximum atomic E-state index is 5.98. The van der Waals surface area contributed by atoms with E-state index in [1.54, 1.807) is 0 Å². The van der Waals surface area contributed by atoms with Gasteiger partial charge in [0.1, 0.15) is 0 Å². The molecular weight excluding hydrogens is 282 g/mol. The number of fused-ring (bicyclic) bond motifs is 1. The van der Waals surface area contributed by atoms with E-state index in [2.05, 4.69) is 77.7 Å². The first-order chi connectivity index (χ1) is 11.4. The molecule has 1 saturated heterocycles. The predicted octanol–water partition coefficient (Wildman–Crippen LogP) is 4.41. The highest BCUT2D eigenvalue weighted by atomic mass is 16.5. The lowest BCUT2D eigenvalue weighted by Gasteiger charge is -2.33. The summed E-state index contributed by atoms with van der Waals surface area (Å²) in [5.74, 6) is 0. The molecule has 2 nitrogen and oxygen atoms in total. The van der Waals surface area contributed by atoms with E-state index in [9.17, 15) is 0 Å². The summed E-state index contributed by atoms with van der Waals surface area (Å²) < 4.78 is 5.98. The third kappa shape index (κ3) is 3.14. The van der Waals surface area contributed by atoms with E-state index < -0.39 is 0 Å². The lowest BCUT2D eigenvalue weighted by Crippen LogP contribution is -2.37. The Kier molecular flexibility index (Phi) is 4.10. The average molecular weight is 303 g/mol. The van der Waals surface area contributed by atoms with Crippen LogP contribution < -0.4 is 0 Å². The Morgan fingerprint density at radius 1 is 0.870 bits per heavy atom. The Bertz CT molecular complexity index is 779. The summed E-state index contributed by atoms with van der Waals surface area (Å²) in [5, 5.41) is 2.68. The molecule has 116 valence electrons. The summed E-state index contributed by atoms with van der Waals surface area (Å²) >= 11 is 0. The Morgan fingerprint density at radius 2 is 1.65 bits per heavy atom. The van der Waals surface area contributed by atoms with Crippen molar-refractivity contribution in [3.63, 3.8) is 0 Å². The van der Waals surface area contributed by atoms with E-state index in [0.717, 1.165) is 26.2 Å². The van der Waals surface area contributed by atoms with E-state index in [-0.39, 0.29) is 6.10 Å². The normalized spacial score (nSPS) is 19.0. The molecule has 1 aliphatic rings. The van der Waals surface area contributed by atoms with Crippen molar-refractivity contribution < 1.29 is 4.74 Å². The van der Waals surface area contributed by atoms with Gasteiger partial charge in [-0.15, -0.1) is 0 Å². The van der Waals surface area contributed by atoms with E-state index in [0.29, 0.717) is 0 Å². The zero-order chi connectivity index (χ0) is 15.5. The molecule has 1 unspecified atom stereocenters. The third-order valence-electron chi connectivity index (χ3n) is 4.60. The van der Waals surface area contributed by atoms with Gasteiger partial charge in [-0.25, -0.2) is 0 Å². The van der Waals surface area contributed by atoms with Crippen LogP contribution in [0.25, 0.3) is 10.8 Å². The van der Waals surface area contributed by atoms with Crippen molar-refractivity contribution in [3.05, 3.63) is 83.9 Å². The van der Waals surface area contributed by atoms with Gasteiger partial charge in [0.15, 0.2) is 0 Å². The monoisotopic (exact) mass is 303 g/mol. The molecule has 1 atom stereocenters. The van der Waals surface area contributed by atoms with Crippen molar-refractivity contribution in [1.29, 1.82) is 0 Å². The van der Waals surface area contributed by atoms with Gasteiger partial charge >= 0.3 is 0 Å². The van der Waals surface area contributed by atoms with E-state index >= 15 is 0 Å². The number of hydrogen-bond acceptors (Lipinski definition) is 2. The highest BCUT2D eigenvalue weighted by molar-refractivity contribution is 5.85. The van der Waals surface area contributed by atoms with Crippen LogP contribution in [0.15, 0.2) is 72.8 Å². The first-order valence-electron chi connectivity index (χ1n) is 8.26. The minimum atomic E-state index is 0.180. The number of benzene rings is 3. The molecule has 1 fully saturated rings. The molecule has 0 aliphatic carbocycles. The fourth-order valence-electron chi connectivity index (χ4n) is 3.39. The summed E-state index contributed by atoms with van der Waals surface area (Å²) in [5.41, 5.74) is 2.67. The topological polar surface area (TPSA) is 12.5 Å². The zero-order valence-electron chi connectivity index (χ0n) is 13.2. The van der Waals surface area contributed by atoms with Gasteiger partial charge in [-0.05, 0) is 21.9 Å². The summed E-state index contributed by atoms with van der Waals surface area (Å²) in [6, 6.07) is 25.8. The first-order valence-corrected chi connectivity index (χ1v) is 8.26. The molecular formula is C21H21NO. The second kappa shape index (κ2) is 6.53. The minimum Gasteiger partial charge on any atom is -0.371 e. The van der Waals surface area contributed by atoms with Crippen LogP contribution in [0.1, 0.15) is 17.2 Å². The zero-order valence-corrected chi connectivity index (χ0v) is 13.2. The second-order valence-corrected chi connectivity index (χ2v) is 6.14. The Labute approximate surface area is 137 Å². The SMILES string of the molecule is c1ccc(C2CN(Cc3cccc4ccccc34)CCO2)cc1. The van der Waals surface area contributed by atoms with E-state index in [1.807, 2.05) is 0 Å². The van der Waals surface area contributed by atoms with Crippen molar-refractivity contribution in [2.45, 2.75) is 12.6 Å². The molecule has 0 spiro atoms. The number of nitrogens with zero attached hydrogens (tertiary/aromatic N) is 1. The second-order valence-electron chi connectivity index (χ2n) is 6.14. The van der Waals surface area contributed by atoms with Gasteiger partial charge in [0.25, 0.3) is 0 Å². The standard InChI is InChI=1S/C21H21NO/c1-2-8-18(9-3-1)21-16-22(13-14-23-21)15-19-11-6-10-17-7-4-5-12-20(17)19/h1-12,21H,13-16H2. The Balaban J connectivity index is 1.54. The molecule has 2 heteroatoms. The predicted molar refractivity (Wildman–Crippen MR) is 94.4 cm³/mol. The highest BCUT2D eigenvalue weighted by Gasteiger charge is 2.22. The van der Waals surface area contributed by atoms with Crippen molar-refractivity contribution >= 4 is 10.8 Å². The molecule has 1 heterocycles. The summed E-state index contributed by atoms with van der Waals surface area (Å²) in [4.78, 5) is 2.50. The maximum Gasteiger partial charge on any atom is 0.0952 e. The quantitative estimate of drug-likeness (QED) is 0.710. The van der Waals surface area contributed by atoms with Gasteiger partial charge in [0.05, 0.1) is 12.7 Å². The van der Waals surface area contributed by atoms with Crippen LogP contribution in [0, 0.1) is 0 Å². The molecule has 0 N–H and O–H groups in total. The lowest BCUT2D eigenvalue weighted by molar-refractivity contribution is -0.0328. The van der Waals surface area contributed by atoms with Gasteiger partial charge in [-0.3, -0.25) is 4.90 Å². The first kappa shape index (κ1) is 14.4. The molecule has 0 amide bonds. The smallest absolute Gasteiger partial charge is 0.0952 e. The number of morpholine rings is 1. The number of hydrogen-bond donors (Lipinski definition) is 0. The largest absolute Gasteiger partial charge is 0.371 e. The summed E-state index contributed by atoms with van der Waals surface area (Å²) in [6.45, 7) is 3.72. The maximum absolute atomic E-state index is 5.98. The molecule has 3 aromatic carbocycles. The van der Waals surface area contributed by atoms with Crippen LogP contribution in [0.2, 0.25) is 0 Å². The van der Waals surface area contributed by atoms with Gasteiger partial charge in [0.2, 0.25) is 0 Å². The van der Waals surface area contributed by atoms with E-state index in [4.69, 9.17) is 4.74 Å². The average Bonchev–Trinajstić information content (AvgIpc) is 2.63. The van der Waals surface area contributed by atoms with Gasteiger partial charge in [-0.2, -0.15) is 0 Å². The third-order valence-corrected chi connectivity index (χ3v) is 4.60.